The molecular weight excluding hydrogens is 414 g/mol. The highest BCUT2D eigenvalue weighted by Crippen LogP contribution is 2.27. The Morgan fingerprint density at radius 1 is 0.970 bits per heavy atom. The number of likely N-dealkylation sites (N-methyl/N-ethyl adjacent to an activating group) is 1. The van der Waals surface area contributed by atoms with Crippen LogP contribution in [0.3, 0.4) is 0 Å². The van der Waals surface area contributed by atoms with Gasteiger partial charge >= 0.3 is 6.03 Å². The molecule has 33 heavy (non-hydrogen) atoms. The molecule has 2 N–H and O–H groups in total. The van der Waals surface area contributed by atoms with E-state index in [2.05, 4.69) is 21.6 Å². The molecule has 0 spiro atoms. The quantitative estimate of drug-likeness (QED) is 0.736. The summed E-state index contributed by atoms with van der Waals surface area (Å²) in [6.07, 6.45) is 6.91. The minimum atomic E-state index is -0.991. The Bertz CT molecular complexity index is 1090. The van der Waals surface area contributed by atoms with Crippen LogP contribution < -0.4 is 15.5 Å². The number of amides is 3. The molecule has 5 rings (SSSR count). The van der Waals surface area contributed by atoms with E-state index in [9.17, 15) is 9.59 Å². The highest BCUT2D eigenvalue weighted by atomic mass is 16.2. The third kappa shape index (κ3) is 4.45. The summed E-state index contributed by atoms with van der Waals surface area (Å²) in [5.74, 6) is 0.532. The monoisotopic (exact) mass is 445 g/mol. The van der Waals surface area contributed by atoms with E-state index < -0.39 is 12.2 Å². The largest absolute Gasteiger partial charge is 0.356 e. The zero-order valence-electron chi connectivity index (χ0n) is 19.1. The Morgan fingerprint density at radius 2 is 1.73 bits per heavy atom. The van der Waals surface area contributed by atoms with E-state index in [1.807, 2.05) is 36.4 Å². The minimum Gasteiger partial charge on any atom is -0.356 e. The lowest BCUT2D eigenvalue weighted by Crippen LogP contribution is -2.47. The van der Waals surface area contributed by atoms with Gasteiger partial charge in [-0.2, -0.15) is 0 Å². The van der Waals surface area contributed by atoms with Crippen molar-refractivity contribution in [3.63, 3.8) is 0 Å². The molecule has 3 aliphatic rings. The summed E-state index contributed by atoms with van der Waals surface area (Å²) < 4.78 is 0. The number of benzene rings is 2. The van der Waals surface area contributed by atoms with Gasteiger partial charge in [-0.25, -0.2) is 9.79 Å². The van der Waals surface area contributed by atoms with E-state index in [0.29, 0.717) is 0 Å². The van der Waals surface area contributed by atoms with Crippen molar-refractivity contribution >= 4 is 29.1 Å². The Kier molecular flexibility index (Phi) is 6.03. The fourth-order valence-corrected chi connectivity index (χ4v) is 5.07. The normalized spacial score (nSPS) is 20.3. The van der Waals surface area contributed by atoms with Crippen molar-refractivity contribution in [3.05, 3.63) is 59.2 Å². The number of nitrogens with one attached hydrogen (secondary N) is 2. The Morgan fingerprint density at radius 3 is 2.55 bits per heavy atom. The summed E-state index contributed by atoms with van der Waals surface area (Å²) in [4.78, 5) is 34.9. The lowest BCUT2D eigenvalue weighted by molar-refractivity contribution is -0.119. The molecule has 0 aromatic heterocycles. The second-order valence-electron chi connectivity index (χ2n) is 9.11. The van der Waals surface area contributed by atoms with Gasteiger partial charge in [0.2, 0.25) is 6.17 Å². The first kappa shape index (κ1) is 21.5. The van der Waals surface area contributed by atoms with Crippen molar-refractivity contribution < 1.29 is 9.59 Å². The van der Waals surface area contributed by atoms with Crippen molar-refractivity contribution in [3.8, 4) is 0 Å². The maximum Gasteiger partial charge on any atom is 0.321 e. The highest BCUT2D eigenvalue weighted by molar-refractivity contribution is 6.12. The van der Waals surface area contributed by atoms with Crippen LogP contribution >= 0.6 is 0 Å². The van der Waals surface area contributed by atoms with Crippen LogP contribution in [-0.2, 0) is 17.6 Å². The maximum absolute atomic E-state index is 13.3. The number of aliphatic imine (C=N–C) groups is 1. The van der Waals surface area contributed by atoms with Gasteiger partial charge in [0.1, 0.15) is 5.84 Å². The summed E-state index contributed by atoms with van der Waals surface area (Å²) in [7, 11) is 1.75. The number of fused-ring (bicyclic) bond motifs is 2. The van der Waals surface area contributed by atoms with Crippen LogP contribution in [0.25, 0.3) is 0 Å². The van der Waals surface area contributed by atoms with Gasteiger partial charge in [0, 0.05) is 31.4 Å². The molecule has 0 radical (unpaired) electrons. The topological polar surface area (TPSA) is 77.0 Å². The van der Waals surface area contributed by atoms with E-state index in [0.717, 1.165) is 68.0 Å². The van der Waals surface area contributed by atoms with Crippen molar-refractivity contribution in [2.75, 3.05) is 30.4 Å². The second kappa shape index (κ2) is 9.25. The smallest absolute Gasteiger partial charge is 0.321 e. The average Bonchev–Trinajstić information content (AvgIpc) is 3.08. The average molecular weight is 446 g/mol. The summed E-state index contributed by atoms with van der Waals surface area (Å²) in [5.41, 5.74) is 5.12. The predicted octanol–water partition coefficient (Wildman–Crippen LogP) is 3.92. The first-order valence-corrected chi connectivity index (χ1v) is 12.0. The Balaban J connectivity index is 1.41. The number of hydrogen-bond acceptors (Lipinski definition) is 4. The summed E-state index contributed by atoms with van der Waals surface area (Å²) in [6, 6.07) is 13.5. The second-order valence-corrected chi connectivity index (χ2v) is 9.11. The van der Waals surface area contributed by atoms with Crippen LogP contribution in [0.5, 0.6) is 0 Å². The number of para-hydroxylation sites is 1. The molecule has 2 aromatic rings. The summed E-state index contributed by atoms with van der Waals surface area (Å²) in [6.45, 7) is 1.80. The standard InChI is InChI=1S/C26H31N5O2/c1-30-22-12-5-4-11-21(22)24(31-15-6-2-3-7-16-31)28-23(25(30)32)29-26(33)27-20-14-13-18-9-8-10-19(18)17-20/h4-5,11-14,17,23H,2-3,6-10,15-16H2,1H3,(H2,27,29,33). The summed E-state index contributed by atoms with van der Waals surface area (Å²) >= 11 is 0. The molecule has 1 fully saturated rings. The number of aryl methyl sites for hydroxylation is 2. The molecule has 1 saturated heterocycles. The maximum atomic E-state index is 13.3. The van der Waals surface area contributed by atoms with Gasteiger partial charge in [-0.05, 0) is 67.5 Å². The molecule has 2 aromatic carbocycles. The number of urea groups is 1. The van der Waals surface area contributed by atoms with Gasteiger partial charge in [-0.1, -0.05) is 31.0 Å². The van der Waals surface area contributed by atoms with Crippen LogP contribution in [0, 0.1) is 0 Å². The van der Waals surface area contributed by atoms with Gasteiger partial charge in [0.05, 0.1) is 5.69 Å². The molecule has 0 bridgehead atoms. The SMILES string of the molecule is CN1C(=O)C(NC(=O)Nc2ccc3c(c2)CCC3)N=C(N2CCCCCC2)c2ccccc21. The molecule has 1 atom stereocenters. The lowest BCUT2D eigenvalue weighted by atomic mass is 10.1. The highest BCUT2D eigenvalue weighted by Gasteiger charge is 2.32. The zero-order valence-corrected chi connectivity index (χ0v) is 19.1. The van der Waals surface area contributed by atoms with Gasteiger partial charge in [-0.3, -0.25) is 4.79 Å². The van der Waals surface area contributed by atoms with Gasteiger partial charge in [0.25, 0.3) is 5.91 Å². The number of rotatable bonds is 2. The van der Waals surface area contributed by atoms with E-state index in [1.165, 1.54) is 24.0 Å². The molecule has 3 amide bonds. The molecule has 2 heterocycles. The van der Waals surface area contributed by atoms with Crippen LogP contribution in [0.1, 0.15) is 48.8 Å². The predicted molar refractivity (Wildman–Crippen MR) is 131 cm³/mol. The molecule has 1 aliphatic carbocycles. The van der Waals surface area contributed by atoms with Gasteiger partial charge in [-0.15, -0.1) is 0 Å². The van der Waals surface area contributed by atoms with Crippen molar-refractivity contribution in [2.45, 2.75) is 51.1 Å². The van der Waals surface area contributed by atoms with E-state index in [4.69, 9.17) is 4.99 Å². The van der Waals surface area contributed by atoms with E-state index in [1.54, 1.807) is 11.9 Å². The third-order valence-electron chi connectivity index (χ3n) is 6.85. The number of hydrogen-bond donors (Lipinski definition) is 2. The third-order valence-corrected chi connectivity index (χ3v) is 6.85. The number of nitrogens with zero attached hydrogens (tertiary/aromatic N) is 3. The zero-order chi connectivity index (χ0) is 22.8. The van der Waals surface area contributed by atoms with Crippen LogP contribution in [0.4, 0.5) is 16.2 Å². The fraction of sp³-hybridized carbons (Fsp3) is 0.423. The Hall–Kier alpha value is -3.35. The molecular formula is C26H31N5O2. The minimum absolute atomic E-state index is 0.253. The number of benzodiazepines with no additional fused rings is 1. The van der Waals surface area contributed by atoms with E-state index in [-0.39, 0.29) is 5.91 Å². The number of likely N-dealkylation sites (tertiary alicyclic amines) is 1. The van der Waals surface area contributed by atoms with Gasteiger partial charge in [0.15, 0.2) is 0 Å². The van der Waals surface area contributed by atoms with Crippen molar-refractivity contribution in [2.24, 2.45) is 4.99 Å². The summed E-state index contributed by atoms with van der Waals surface area (Å²) in [5, 5.41) is 5.72. The van der Waals surface area contributed by atoms with Crippen LogP contribution in [0.2, 0.25) is 0 Å². The lowest BCUT2D eigenvalue weighted by Gasteiger charge is -2.26. The number of anilines is 2. The molecule has 2 aliphatic heterocycles. The van der Waals surface area contributed by atoms with Crippen LogP contribution in [-0.4, -0.2) is 49.0 Å². The number of carbonyl (C=O) groups is 2. The molecule has 172 valence electrons. The molecule has 7 nitrogen and oxygen atoms in total. The number of amidine groups is 1. The molecule has 0 saturated carbocycles. The number of carbonyl (C=O) groups excluding carboxylic acids is 2. The van der Waals surface area contributed by atoms with Crippen molar-refractivity contribution in [1.82, 2.24) is 10.2 Å². The first-order valence-electron chi connectivity index (χ1n) is 12.0. The van der Waals surface area contributed by atoms with E-state index >= 15 is 0 Å². The Labute approximate surface area is 194 Å². The van der Waals surface area contributed by atoms with Crippen LogP contribution in [0.15, 0.2) is 47.5 Å². The van der Waals surface area contributed by atoms with Crippen molar-refractivity contribution in [1.29, 1.82) is 0 Å². The van der Waals surface area contributed by atoms with Gasteiger partial charge < -0.3 is 20.4 Å². The fourth-order valence-electron chi connectivity index (χ4n) is 5.07. The first-order chi connectivity index (χ1) is 16.1. The molecule has 7 heteroatoms. The molecule has 1 unspecified atom stereocenters.